The predicted octanol–water partition coefficient (Wildman–Crippen LogP) is 3.07. The number of piperidine rings is 1. The maximum atomic E-state index is 5.39. The third-order valence-corrected chi connectivity index (χ3v) is 3.77. The summed E-state index contributed by atoms with van der Waals surface area (Å²) in [6.07, 6.45) is 4.47. The molecule has 0 spiro atoms. The van der Waals surface area contributed by atoms with Crippen LogP contribution in [0, 0.1) is 0 Å². The Kier molecular flexibility index (Phi) is 4.86. The van der Waals surface area contributed by atoms with Gasteiger partial charge in [0, 0.05) is 13.1 Å². The van der Waals surface area contributed by atoms with Crippen LogP contribution in [0.1, 0.15) is 24.3 Å². The van der Waals surface area contributed by atoms with Gasteiger partial charge in [-0.1, -0.05) is 12.1 Å². The van der Waals surface area contributed by atoms with E-state index in [1.165, 1.54) is 24.9 Å². The van der Waals surface area contributed by atoms with Crippen LogP contribution in [-0.2, 0) is 0 Å². The number of hydrogen-bond donors (Lipinski definition) is 0. The molecule has 1 saturated heterocycles. The van der Waals surface area contributed by atoms with Gasteiger partial charge < -0.3 is 9.47 Å². The first-order valence-electron chi connectivity index (χ1n) is 6.83. The highest BCUT2D eigenvalue weighted by Crippen LogP contribution is 2.34. The summed E-state index contributed by atoms with van der Waals surface area (Å²) in [7, 11) is 3.36. The molecule has 0 aromatic heterocycles. The van der Waals surface area contributed by atoms with Gasteiger partial charge >= 0.3 is 0 Å². The zero-order valence-corrected chi connectivity index (χ0v) is 11.9. The fourth-order valence-electron chi connectivity index (χ4n) is 2.78. The fraction of sp³-hybridized carbons (Fsp3) is 0.500. The largest absolute Gasteiger partial charge is 0.493 e. The lowest BCUT2D eigenvalue weighted by Crippen LogP contribution is -2.34. The Morgan fingerprint density at radius 1 is 1.32 bits per heavy atom. The Balaban J connectivity index is 2.14. The molecular weight excluding hydrogens is 238 g/mol. The Hall–Kier alpha value is -1.48. The maximum Gasteiger partial charge on any atom is 0.160 e. The van der Waals surface area contributed by atoms with Crippen molar-refractivity contribution in [3.8, 4) is 11.5 Å². The summed E-state index contributed by atoms with van der Waals surface area (Å²) in [6, 6.07) is 6.27. The monoisotopic (exact) mass is 261 g/mol. The molecule has 104 valence electrons. The van der Waals surface area contributed by atoms with Gasteiger partial charge in [-0.2, -0.15) is 0 Å². The number of hydrogen-bond acceptors (Lipinski definition) is 3. The van der Waals surface area contributed by atoms with Gasteiger partial charge in [-0.05, 0) is 43.0 Å². The zero-order chi connectivity index (χ0) is 13.7. The Morgan fingerprint density at radius 2 is 2.11 bits per heavy atom. The van der Waals surface area contributed by atoms with Gasteiger partial charge in [0.2, 0.25) is 0 Å². The van der Waals surface area contributed by atoms with Crippen molar-refractivity contribution in [2.45, 2.75) is 18.8 Å². The van der Waals surface area contributed by atoms with Crippen molar-refractivity contribution in [1.82, 2.24) is 4.90 Å². The van der Waals surface area contributed by atoms with E-state index in [0.29, 0.717) is 5.92 Å². The Bertz CT molecular complexity index is 431. The Labute approximate surface area is 115 Å². The van der Waals surface area contributed by atoms with E-state index in [0.717, 1.165) is 24.6 Å². The van der Waals surface area contributed by atoms with E-state index in [-0.39, 0.29) is 0 Å². The second-order valence-electron chi connectivity index (χ2n) is 5.00. The highest BCUT2D eigenvalue weighted by Gasteiger charge is 2.21. The number of benzene rings is 1. The molecule has 3 heteroatoms. The highest BCUT2D eigenvalue weighted by molar-refractivity contribution is 5.44. The first-order valence-corrected chi connectivity index (χ1v) is 6.83. The molecule has 0 amide bonds. The van der Waals surface area contributed by atoms with Gasteiger partial charge in [-0.15, -0.1) is 6.58 Å². The number of rotatable bonds is 5. The number of ether oxygens (including phenoxy) is 2. The van der Waals surface area contributed by atoms with Crippen molar-refractivity contribution >= 4 is 0 Å². The fourth-order valence-corrected chi connectivity index (χ4v) is 2.78. The average molecular weight is 261 g/mol. The molecule has 1 aliphatic rings. The SMILES string of the molecule is C=CCN1CCCC(c2ccc(OC)c(OC)c2)C1. The zero-order valence-electron chi connectivity index (χ0n) is 11.9. The van der Waals surface area contributed by atoms with Crippen LogP contribution in [-0.4, -0.2) is 38.8 Å². The van der Waals surface area contributed by atoms with Crippen LogP contribution in [0.2, 0.25) is 0 Å². The molecule has 0 aliphatic carbocycles. The first-order chi connectivity index (χ1) is 9.28. The number of methoxy groups -OCH3 is 2. The second kappa shape index (κ2) is 6.62. The Morgan fingerprint density at radius 3 is 2.79 bits per heavy atom. The van der Waals surface area contributed by atoms with E-state index in [1.54, 1.807) is 14.2 Å². The lowest BCUT2D eigenvalue weighted by Gasteiger charge is -2.32. The molecule has 1 unspecified atom stereocenters. The summed E-state index contributed by atoms with van der Waals surface area (Å²) in [5.74, 6) is 2.19. The van der Waals surface area contributed by atoms with Crippen LogP contribution in [0.15, 0.2) is 30.9 Å². The van der Waals surface area contributed by atoms with E-state index in [1.807, 2.05) is 12.1 Å². The maximum absolute atomic E-state index is 5.39. The summed E-state index contributed by atoms with van der Waals surface area (Å²) in [5.41, 5.74) is 1.34. The summed E-state index contributed by atoms with van der Waals surface area (Å²) in [4.78, 5) is 2.46. The normalized spacial score (nSPS) is 20.0. The molecule has 1 atom stereocenters. The summed E-state index contributed by atoms with van der Waals surface area (Å²) in [6.45, 7) is 7.08. The number of likely N-dealkylation sites (tertiary alicyclic amines) is 1. The minimum Gasteiger partial charge on any atom is -0.493 e. The van der Waals surface area contributed by atoms with Crippen LogP contribution >= 0.6 is 0 Å². The predicted molar refractivity (Wildman–Crippen MR) is 78.2 cm³/mol. The lowest BCUT2D eigenvalue weighted by molar-refractivity contribution is 0.228. The molecule has 1 fully saturated rings. The van der Waals surface area contributed by atoms with Gasteiger partial charge in [-0.25, -0.2) is 0 Å². The highest BCUT2D eigenvalue weighted by atomic mass is 16.5. The van der Waals surface area contributed by atoms with Crippen molar-refractivity contribution in [2.75, 3.05) is 33.9 Å². The van der Waals surface area contributed by atoms with Crippen LogP contribution in [0.5, 0.6) is 11.5 Å². The molecule has 0 radical (unpaired) electrons. The van der Waals surface area contributed by atoms with Crippen molar-refractivity contribution in [3.05, 3.63) is 36.4 Å². The molecule has 0 saturated carbocycles. The molecule has 1 aromatic carbocycles. The van der Waals surface area contributed by atoms with Gasteiger partial charge in [0.1, 0.15) is 0 Å². The molecule has 1 heterocycles. The quantitative estimate of drug-likeness (QED) is 0.760. The average Bonchev–Trinajstić information content (AvgIpc) is 2.47. The van der Waals surface area contributed by atoms with Crippen LogP contribution in [0.3, 0.4) is 0 Å². The number of nitrogens with zero attached hydrogens (tertiary/aromatic N) is 1. The summed E-state index contributed by atoms with van der Waals surface area (Å²) in [5, 5.41) is 0. The van der Waals surface area contributed by atoms with Crippen LogP contribution in [0.25, 0.3) is 0 Å². The second-order valence-corrected chi connectivity index (χ2v) is 5.00. The molecular formula is C16H23NO2. The molecule has 2 rings (SSSR count). The third kappa shape index (κ3) is 3.29. The van der Waals surface area contributed by atoms with E-state index in [9.17, 15) is 0 Å². The van der Waals surface area contributed by atoms with E-state index >= 15 is 0 Å². The van der Waals surface area contributed by atoms with Crippen molar-refractivity contribution < 1.29 is 9.47 Å². The minimum atomic E-state index is 0.577. The molecule has 19 heavy (non-hydrogen) atoms. The molecule has 3 nitrogen and oxygen atoms in total. The van der Waals surface area contributed by atoms with Gasteiger partial charge in [-0.3, -0.25) is 4.90 Å². The minimum absolute atomic E-state index is 0.577. The van der Waals surface area contributed by atoms with Crippen LogP contribution in [0.4, 0.5) is 0 Å². The van der Waals surface area contributed by atoms with Crippen LogP contribution < -0.4 is 9.47 Å². The standard InChI is InChI=1S/C16H23NO2/c1-4-9-17-10-5-6-14(12-17)13-7-8-15(18-2)16(11-13)19-3/h4,7-8,11,14H,1,5-6,9-10,12H2,2-3H3. The van der Waals surface area contributed by atoms with Crippen molar-refractivity contribution in [2.24, 2.45) is 0 Å². The lowest BCUT2D eigenvalue weighted by atomic mass is 9.90. The van der Waals surface area contributed by atoms with E-state index in [4.69, 9.17) is 9.47 Å². The van der Waals surface area contributed by atoms with Gasteiger partial charge in [0.05, 0.1) is 14.2 Å². The topological polar surface area (TPSA) is 21.7 Å². The molecule has 1 aliphatic heterocycles. The molecule has 1 aromatic rings. The third-order valence-electron chi connectivity index (χ3n) is 3.77. The van der Waals surface area contributed by atoms with Gasteiger partial charge in [0.25, 0.3) is 0 Å². The van der Waals surface area contributed by atoms with Crippen molar-refractivity contribution in [3.63, 3.8) is 0 Å². The summed E-state index contributed by atoms with van der Waals surface area (Å²) < 4.78 is 10.7. The van der Waals surface area contributed by atoms with Crippen molar-refractivity contribution in [1.29, 1.82) is 0 Å². The van der Waals surface area contributed by atoms with Gasteiger partial charge in [0.15, 0.2) is 11.5 Å². The first kappa shape index (κ1) is 13.9. The van der Waals surface area contributed by atoms with E-state index < -0.39 is 0 Å². The van der Waals surface area contributed by atoms with E-state index in [2.05, 4.69) is 23.6 Å². The molecule has 0 bridgehead atoms. The smallest absolute Gasteiger partial charge is 0.160 e. The summed E-state index contributed by atoms with van der Waals surface area (Å²) >= 11 is 0. The molecule has 0 N–H and O–H groups in total.